The molecule has 0 bridgehead atoms. The van der Waals surface area contributed by atoms with Gasteiger partial charge in [-0.1, -0.05) is 30.3 Å². The van der Waals surface area contributed by atoms with Crippen molar-refractivity contribution in [1.82, 2.24) is 19.9 Å². The molecule has 0 saturated carbocycles. The number of fused-ring (bicyclic) bond motifs is 1. The van der Waals surface area contributed by atoms with Crippen molar-refractivity contribution < 1.29 is 9.53 Å². The summed E-state index contributed by atoms with van der Waals surface area (Å²) in [5.74, 6) is 0.774. The molecule has 3 heterocycles. The van der Waals surface area contributed by atoms with Crippen LogP contribution in [0.4, 0.5) is 5.82 Å². The third-order valence-electron chi connectivity index (χ3n) is 5.76. The number of H-pyrrole nitrogens is 1. The molecule has 2 aromatic heterocycles. The fourth-order valence-electron chi connectivity index (χ4n) is 4.05. The number of para-hydroxylation sites is 1. The molecule has 7 nitrogen and oxygen atoms in total. The van der Waals surface area contributed by atoms with Gasteiger partial charge in [0.2, 0.25) is 0 Å². The molecular formula is C25H25N5O2. The molecule has 1 amide bonds. The lowest BCUT2D eigenvalue weighted by Crippen LogP contribution is -2.40. The van der Waals surface area contributed by atoms with Crippen molar-refractivity contribution in [3.8, 4) is 11.3 Å². The van der Waals surface area contributed by atoms with Crippen LogP contribution in [0, 0.1) is 0 Å². The molecule has 0 unspecified atom stereocenters. The van der Waals surface area contributed by atoms with Crippen molar-refractivity contribution in [2.24, 2.45) is 0 Å². The second kappa shape index (κ2) is 9.20. The first-order valence-corrected chi connectivity index (χ1v) is 10.9. The van der Waals surface area contributed by atoms with Gasteiger partial charge in [0.05, 0.1) is 13.2 Å². The largest absolute Gasteiger partial charge is 0.378 e. The summed E-state index contributed by atoms with van der Waals surface area (Å²) in [5, 5.41) is 4.67. The zero-order valence-electron chi connectivity index (χ0n) is 17.8. The van der Waals surface area contributed by atoms with E-state index in [2.05, 4.69) is 44.7 Å². The van der Waals surface area contributed by atoms with Gasteiger partial charge in [0, 0.05) is 60.3 Å². The number of hydrogen-bond acceptors (Lipinski definition) is 5. The Bertz CT molecular complexity index is 1210. The predicted octanol–water partition coefficient (Wildman–Crippen LogP) is 3.75. The Morgan fingerprint density at radius 1 is 1.03 bits per heavy atom. The van der Waals surface area contributed by atoms with Crippen LogP contribution in [-0.2, 0) is 11.2 Å². The third kappa shape index (κ3) is 4.20. The smallest absolute Gasteiger partial charge is 0.254 e. The maximum atomic E-state index is 12.7. The number of aromatic amines is 1. The van der Waals surface area contributed by atoms with E-state index in [4.69, 9.17) is 4.74 Å². The number of amides is 1. The quantitative estimate of drug-likeness (QED) is 0.490. The normalized spacial score (nSPS) is 13.9. The number of aromatic nitrogens is 3. The van der Waals surface area contributed by atoms with E-state index in [1.54, 1.807) is 12.4 Å². The molecule has 32 heavy (non-hydrogen) atoms. The predicted molar refractivity (Wildman–Crippen MR) is 125 cm³/mol. The minimum atomic E-state index is 0.0380. The van der Waals surface area contributed by atoms with Crippen molar-refractivity contribution in [2.75, 3.05) is 38.2 Å². The van der Waals surface area contributed by atoms with Crippen molar-refractivity contribution in [3.63, 3.8) is 0 Å². The van der Waals surface area contributed by atoms with Crippen molar-refractivity contribution in [1.29, 1.82) is 0 Å². The van der Waals surface area contributed by atoms with Gasteiger partial charge in [0.1, 0.15) is 5.69 Å². The topological polar surface area (TPSA) is 83.1 Å². The zero-order valence-corrected chi connectivity index (χ0v) is 17.8. The number of hydrogen-bond donors (Lipinski definition) is 2. The number of morpholine rings is 1. The number of carbonyl (C=O) groups is 1. The Balaban J connectivity index is 1.28. The summed E-state index contributed by atoms with van der Waals surface area (Å²) in [6.45, 7) is 3.19. The lowest BCUT2D eigenvalue weighted by Gasteiger charge is -2.26. The summed E-state index contributed by atoms with van der Waals surface area (Å²) < 4.78 is 5.33. The van der Waals surface area contributed by atoms with Gasteiger partial charge >= 0.3 is 0 Å². The van der Waals surface area contributed by atoms with E-state index in [1.807, 2.05) is 35.2 Å². The second-order valence-electron chi connectivity index (χ2n) is 7.77. The van der Waals surface area contributed by atoms with Crippen LogP contribution in [-0.4, -0.2) is 58.6 Å². The zero-order chi connectivity index (χ0) is 21.8. The van der Waals surface area contributed by atoms with Crippen molar-refractivity contribution >= 4 is 22.6 Å². The minimum absolute atomic E-state index is 0.0380. The fraction of sp³-hybridized carbons (Fsp3) is 0.240. The van der Waals surface area contributed by atoms with Crippen LogP contribution in [0.5, 0.6) is 0 Å². The van der Waals surface area contributed by atoms with Crippen LogP contribution >= 0.6 is 0 Å². The van der Waals surface area contributed by atoms with Gasteiger partial charge in [0.25, 0.3) is 5.91 Å². The monoisotopic (exact) mass is 427 g/mol. The summed E-state index contributed by atoms with van der Waals surface area (Å²) in [7, 11) is 0. The molecule has 2 N–H and O–H groups in total. The van der Waals surface area contributed by atoms with E-state index < -0.39 is 0 Å². The summed E-state index contributed by atoms with van der Waals surface area (Å²) >= 11 is 0. The van der Waals surface area contributed by atoms with Gasteiger partial charge in [-0.25, -0.2) is 4.98 Å². The van der Waals surface area contributed by atoms with E-state index in [-0.39, 0.29) is 5.91 Å². The number of anilines is 1. The lowest BCUT2D eigenvalue weighted by molar-refractivity contribution is 0.0303. The van der Waals surface area contributed by atoms with Crippen LogP contribution in [0.15, 0.2) is 67.1 Å². The third-order valence-corrected chi connectivity index (χ3v) is 5.76. The van der Waals surface area contributed by atoms with Gasteiger partial charge in [-0.2, -0.15) is 0 Å². The van der Waals surface area contributed by atoms with E-state index in [1.165, 1.54) is 10.9 Å². The van der Waals surface area contributed by atoms with Crippen LogP contribution in [0.2, 0.25) is 0 Å². The summed E-state index contributed by atoms with van der Waals surface area (Å²) in [4.78, 5) is 26.9. The molecule has 1 aliphatic heterocycles. The number of carbonyl (C=O) groups excluding carboxylic acids is 1. The highest BCUT2D eigenvalue weighted by molar-refractivity contribution is 5.95. The Kier molecular flexibility index (Phi) is 5.81. The average Bonchev–Trinajstić information content (AvgIpc) is 3.28. The molecule has 0 spiro atoms. The number of benzene rings is 2. The van der Waals surface area contributed by atoms with Crippen LogP contribution < -0.4 is 5.32 Å². The number of nitrogens with one attached hydrogen (secondary N) is 2. The van der Waals surface area contributed by atoms with E-state index >= 15 is 0 Å². The molecule has 0 aliphatic carbocycles. The Hall–Kier alpha value is -3.71. The van der Waals surface area contributed by atoms with Crippen LogP contribution in [0.1, 0.15) is 15.9 Å². The number of nitrogens with zero attached hydrogens (tertiary/aromatic N) is 3. The molecule has 2 aromatic carbocycles. The molecule has 4 aromatic rings. The first-order chi connectivity index (χ1) is 15.8. The van der Waals surface area contributed by atoms with Gasteiger partial charge < -0.3 is 19.9 Å². The van der Waals surface area contributed by atoms with Gasteiger partial charge in [-0.15, -0.1) is 0 Å². The first-order valence-electron chi connectivity index (χ1n) is 10.9. The lowest BCUT2D eigenvalue weighted by atomic mass is 10.1. The average molecular weight is 428 g/mol. The SMILES string of the molecule is O=C(c1ccc(-c2nccnc2NCCc2c[nH]c3ccccc23)cc1)N1CCOCC1. The highest BCUT2D eigenvalue weighted by Crippen LogP contribution is 2.25. The molecule has 1 aliphatic rings. The standard InChI is InChI=1S/C25H25N5O2/c31-25(30-13-15-32-16-14-30)19-7-5-18(6-8-19)23-24(28-12-11-26-23)27-10-9-20-17-29-22-4-2-1-3-21(20)22/h1-8,11-12,17,29H,9-10,13-16H2,(H,27,28). The first kappa shape index (κ1) is 20.2. The number of ether oxygens (including phenoxy) is 1. The van der Waals surface area contributed by atoms with Crippen LogP contribution in [0.3, 0.4) is 0 Å². The van der Waals surface area contributed by atoms with Crippen LogP contribution in [0.25, 0.3) is 22.2 Å². The van der Waals surface area contributed by atoms with Gasteiger partial charge in [-0.3, -0.25) is 9.78 Å². The molecule has 162 valence electrons. The Morgan fingerprint density at radius 3 is 2.66 bits per heavy atom. The van der Waals surface area contributed by atoms with Gasteiger partial charge in [0.15, 0.2) is 5.82 Å². The van der Waals surface area contributed by atoms with E-state index in [9.17, 15) is 4.79 Å². The van der Waals surface area contributed by atoms with Crippen molar-refractivity contribution in [3.05, 3.63) is 78.2 Å². The van der Waals surface area contributed by atoms with Crippen molar-refractivity contribution in [2.45, 2.75) is 6.42 Å². The maximum Gasteiger partial charge on any atom is 0.254 e. The summed E-state index contributed by atoms with van der Waals surface area (Å²) in [6, 6.07) is 15.9. The molecule has 7 heteroatoms. The number of rotatable bonds is 6. The highest BCUT2D eigenvalue weighted by Gasteiger charge is 2.18. The Morgan fingerprint density at radius 2 is 1.81 bits per heavy atom. The summed E-state index contributed by atoms with van der Waals surface area (Å²) in [5.41, 5.74) is 4.79. The molecule has 1 saturated heterocycles. The Labute approximate surface area is 186 Å². The van der Waals surface area contributed by atoms with E-state index in [0.717, 1.165) is 35.6 Å². The maximum absolute atomic E-state index is 12.7. The van der Waals surface area contributed by atoms with E-state index in [0.29, 0.717) is 31.9 Å². The molecule has 0 radical (unpaired) electrons. The molecule has 1 fully saturated rings. The molecular weight excluding hydrogens is 402 g/mol. The van der Waals surface area contributed by atoms with Gasteiger partial charge in [-0.05, 0) is 30.2 Å². The summed E-state index contributed by atoms with van der Waals surface area (Å²) in [6.07, 6.45) is 6.31. The second-order valence-corrected chi connectivity index (χ2v) is 7.77. The highest BCUT2D eigenvalue weighted by atomic mass is 16.5. The minimum Gasteiger partial charge on any atom is -0.378 e. The molecule has 5 rings (SSSR count). The molecule has 0 atom stereocenters. The fourth-order valence-corrected chi connectivity index (χ4v) is 4.05.